The number of carbonyl (C=O) groups is 3. The fourth-order valence-electron chi connectivity index (χ4n) is 3.82. The van der Waals surface area contributed by atoms with E-state index in [9.17, 15) is 39.9 Å². The molecule has 0 aromatic heterocycles. The Kier molecular flexibility index (Phi) is 6.90. The van der Waals surface area contributed by atoms with Crippen LogP contribution in [0.3, 0.4) is 0 Å². The van der Waals surface area contributed by atoms with Crippen LogP contribution in [-0.2, 0) is 20.7 Å². The van der Waals surface area contributed by atoms with E-state index in [1.54, 1.807) is 24.3 Å². The van der Waals surface area contributed by atoms with Gasteiger partial charge >= 0.3 is 11.9 Å². The molecule has 0 radical (unpaired) electrons. The molecule has 1 unspecified atom stereocenters. The lowest BCUT2D eigenvalue weighted by atomic mass is 9.78. The highest BCUT2D eigenvalue weighted by Crippen LogP contribution is 2.30. The second kappa shape index (κ2) is 12.1. The number of benzene rings is 2. The Hall–Kier alpha value is -3.22. The summed E-state index contributed by atoms with van der Waals surface area (Å²) in [5.41, 5.74) is -2.77. The van der Waals surface area contributed by atoms with Gasteiger partial charge in [-0.2, -0.15) is 0 Å². The maximum Gasteiger partial charge on any atom is 0.350 e. The Morgan fingerprint density at radius 1 is 0.947 bits per heavy atom. The lowest BCUT2D eigenvalue weighted by Crippen LogP contribution is -2.64. The summed E-state index contributed by atoms with van der Waals surface area (Å²) >= 11 is 5.81. The van der Waals surface area contributed by atoms with Crippen molar-refractivity contribution in [1.29, 1.82) is 0 Å². The number of hydrogen-bond donors (Lipinski definition) is 6. The van der Waals surface area contributed by atoms with E-state index in [0.717, 1.165) is 0 Å². The fraction of sp³-hybridized carbons (Fsp3) is 0.423. The van der Waals surface area contributed by atoms with Gasteiger partial charge in [0.25, 0.3) is 5.91 Å². The molecule has 3 rings (SSSR count). The van der Waals surface area contributed by atoms with Gasteiger partial charge in [0.2, 0.25) is 0 Å². The van der Waals surface area contributed by atoms with Gasteiger partial charge in [-0.3, -0.25) is 9.59 Å². The van der Waals surface area contributed by atoms with E-state index in [2.05, 4.69) is 5.32 Å². The smallest absolute Gasteiger partial charge is 0.350 e. The maximum absolute atomic E-state index is 13.4. The molecule has 0 heterocycles. The van der Waals surface area contributed by atoms with Crippen LogP contribution in [0.2, 0.25) is 5.02 Å². The largest absolute Gasteiger partial charge is 0.481 e. The first-order valence-electron chi connectivity index (χ1n) is 14.3. The molecule has 1 aliphatic rings. The average molecular weight is 558 g/mol. The van der Waals surface area contributed by atoms with Crippen molar-refractivity contribution < 1.29 is 57.6 Å². The maximum atomic E-state index is 13.4. The Labute approximate surface area is 232 Å². The molecule has 1 saturated carbocycles. The second-order valence-corrected chi connectivity index (χ2v) is 9.07. The molecular weight excluding hydrogens is 522 g/mol. The van der Waals surface area contributed by atoms with E-state index >= 15 is 0 Å². The van der Waals surface area contributed by atoms with Gasteiger partial charge in [0, 0.05) is 25.4 Å². The minimum absolute atomic E-state index is 0.187. The quantitative estimate of drug-likeness (QED) is 0.238. The van der Waals surface area contributed by atoms with Crippen molar-refractivity contribution in [3.8, 4) is 5.75 Å². The summed E-state index contributed by atoms with van der Waals surface area (Å²) in [6.07, 6.45) is -11.2. The number of rotatable bonds is 9. The number of nitrogens with one attached hydrogen (secondary N) is 1. The normalized spacial score (nSPS) is 28.3. The third-order valence-corrected chi connectivity index (χ3v) is 6.18. The van der Waals surface area contributed by atoms with Crippen LogP contribution < -0.4 is 10.1 Å². The first kappa shape index (κ1) is 21.7. The van der Waals surface area contributed by atoms with Crippen LogP contribution in [0.1, 0.15) is 37.8 Å². The van der Waals surface area contributed by atoms with E-state index in [4.69, 9.17) is 29.3 Å². The van der Waals surface area contributed by atoms with Crippen LogP contribution in [0, 0.1) is 5.92 Å². The van der Waals surface area contributed by atoms with Crippen molar-refractivity contribution in [2.45, 2.75) is 56.2 Å². The van der Waals surface area contributed by atoms with Crippen LogP contribution in [0.25, 0.3) is 0 Å². The van der Waals surface area contributed by atoms with Gasteiger partial charge in [-0.15, -0.1) is 0 Å². The third kappa shape index (κ3) is 6.80. The minimum atomic E-state index is -3.77. The summed E-state index contributed by atoms with van der Waals surface area (Å²) in [6.45, 7) is -7.35. The zero-order valence-electron chi connectivity index (χ0n) is 25.7. The van der Waals surface area contributed by atoms with Gasteiger partial charge in [0.15, 0.2) is 11.7 Å². The van der Waals surface area contributed by atoms with Gasteiger partial charge < -0.3 is 40.3 Å². The first-order chi connectivity index (χ1) is 20.3. The van der Waals surface area contributed by atoms with E-state index in [-0.39, 0.29) is 12.5 Å². The number of carboxylic acids is 1. The lowest BCUT2D eigenvalue weighted by Gasteiger charge is -2.42. The van der Waals surface area contributed by atoms with Gasteiger partial charge in [-0.25, -0.2) is 4.79 Å². The molecule has 6 N–H and O–H groups in total. The number of esters is 1. The molecule has 2 aromatic carbocycles. The summed E-state index contributed by atoms with van der Waals surface area (Å²) in [5, 5.41) is 53.3. The summed E-state index contributed by atoms with van der Waals surface area (Å²) in [7, 11) is 0. The number of hydrogen-bond acceptors (Lipinski definition) is 9. The highest BCUT2D eigenvalue weighted by Gasteiger charge is 2.54. The predicted octanol–water partition coefficient (Wildman–Crippen LogP) is 0.540. The van der Waals surface area contributed by atoms with E-state index in [1.165, 1.54) is 24.3 Å². The van der Waals surface area contributed by atoms with Crippen LogP contribution in [0.5, 0.6) is 5.75 Å². The fourth-order valence-corrected chi connectivity index (χ4v) is 3.95. The topological polar surface area (TPSA) is 183 Å². The number of aliphatic hydroxyl groups excluding tert-OH is 4. The molecule has 12 heteroatoms. The van der Waals surface area contributed by atoms with Crippen LogP contribution >= 0.6 is 11.6 Å². The SMILES string of the molecule is [2H]C([2H])([2H])C(Oc1ccc(CCNC(=O)c2ccc(Cl)cc2)cc1)(C(=O)O[C@@H]1C(O)[C@H](C(=O)O)[C@@H](O)[C@H](O)[C@H]1O)C([2H])([2H])[2H]. The molecule has 6 atom stereocenters. The van der Waals surface area contributed by atoms with Crippen molar-refractivity contribution in [2.24, 2.45) is 5.92 Å². The Morgan fingerprint density at radius 2 is 1.58 bits per heavy atom. The molecular formula is C26H30ClNO10. The van der Waals surface area contributed by atoms with Crippen molar-refractivity contribution >= 4 is 29.4 Å². The monoisotopic (exact) mass is 557 g/mol. The molecule has 1 amide bonds. The van der Waals surface area contributed by atoms with Crippen LogP contribution in [0.4, 0.5) is 0 Å². The summed E-state index contributed by atoms with van der Waals surface area (Å²) in [6, 6.07) is 11.4. The number of aliphatic carboxylic acids is 1. The zero-order chi connectivity index (χ0) is 33.2. The molecule has 1 fully saturated rings. The molecule has 206 valence electrons. The van der Waals surface area contributed by atoms with E-state index < -0.39 is 73.4 Å². The first-order valence-corrected chi connectivity index (χ1v) is 11.7. The number of ether oxygens (including phenoxy) is 2. The highest BCUT2D eigenvalue weighted by atomic mass is 35.5. The highest BCUT2D eigenvalue weighted by molar-refractivity contribution is 6.30. The van der Waals surface area contributed by atoms with Crippen LogP contribution in [-0.4, -0.2) is 86.0 Å². The molecule has 0 aliphatic heterocycles. The molecule has 1 aliphatic carbocycles. The summed E-state index contributed by atoms with van der Waals surface area (Å²) in [4.78, 5) is 37.2. The van der Waals surface area contributed by atoms with E-state index in [0.29, 0.717) is 22.6 Å². The molecule has 38 heavy (non-hydrogen) atoms. The molecule has 0 saturated heterocycles. The van der Waals surface area contributed by atoms with Gasteiger partial charge in [0.1, 0.15) is 30.0 Å². The molecule has 0 spiro atoms. The summed E-state index contributed by atoms with van der Waals surface area (Å²) in [5.74, 6) is -6.93. The van der Waals surface area contributed by atoms with Crippen molar-refractivity contribution in [1.82, 2.24) is 5.32 Å². The van der Waals surface area contributed by atoms with Crippen molar-refractivity contribution in [2.75, 3.05) is 6.54 Å². The molecule has 0 bridgehead atoms. The van der Waals surface area contributed by atoms with Gasteiger partial charge in [0.05, 0.1) is 6.10 Å². The Bertz CT molecular complexity index is 1320. The Balaban J connectivity index is 1.82. The molecule has 2 aromatic rings. The van der Waals surface area contributed by atoms with Crippen LogP contribution in [0.15, 0.2) is 48.5 Å². The summed E-state index contributed by atoms with van der Waals surface area (Å²) < 4.78 is 57.7. The van der Waals surface area contributed by atoms with Crippen molar-refractivity contribution in [3.63, 3.8) is 0 Å². The standard InChI is InChI=1S/C26H30ClNO10/c1-26(2,25(36)37-22-19(30)17(24(34)35)18(29)20(31)21(22)32)38-16-9-3-13(4-10-16)11-12-28-23(33)14-5-7-15(27)8-6-14/h3-10,17-22,29-32H,11-12H2,1-2H3,(H,28,33)(H,34,35)/t17-,18-,19?,20+,21-,22-/m1/s1/i1D3,2D3. The number of carbonyl (C=O) groups excluding carboxylic acids is 2. The molecule has 11 nitrogen and oxygen atoms in total. The number of amides is 1. The van der Waals surface area contributed by atoms with Crippen molar-refractivity contribution in [3.05, 3.63) is 64.7 Å². The number of aliphatic hydroxyl groups is 4. The number of halogens is 1. The van der Waals surface area contributed by atoms with Gasteiger partial charge in [-0.05, 0) is 62.1 Å². The predicted molar refractivity (Wildman–Crippen MR) is 134 cm³/mol. The average Bonchev–Trinajstić information content (AvgIpc) is 2.92. The zero-order valence-corrected chi connectivity index (χ0v) is 20.4. The third-order valence-electron chi connectivity index (χ3n) is 5.92. The number of carboxylic acid groups (broad SMARTS) is 1. The Morgan fingerprint density at radius 3 is 2.16 bits per heavy atom. The lowest BCUT2D eigenvalue weighted by molar-refractivity contribution is -0.228. The van der Waals surface area contributed by atoms with E-state index in [1.807, 2.05) is 0 Å². The second-order valence-electron chi connectivity index (χ2n) is 8.64. The minimum Gasteiger partial charge on any atom is -0.481 e. The van der Waals surface area contributed by atoms with Gasteiger partial charge in [-0.1, -0.05) is 23.7 Å².